The molecule has 5 heteroatoms. The second-order valence-electron chi connectivity index (χ2n) is 5.50. The highest BCUT2D eigenvalue weighted by molar-refractivity contribution is 5.95. The van der Waals surface area contributed by atoms with Crippen molar-refractivity contribution in [3.63, 3.8) is 0 Å². The fourth-order valence-electron chi connectivity index (χ4n) is 2.06. The first-order chi connectivity index (χ1) is 11.0. The largest absolute Gasteiger partial charge is 0.378 e. The molecule has 0 aromatic heterocycles. The van der Waals surface area contributed by atoms with Crippen LogP contribution in [-0.2, 0) is 6.54 Å². The molecule has 120 valence electrons. The lowest BCUT2D eigenvalue weighted by Gasteiger charge is -2.13. The molecule has 0 unspecified atom stereocenters. The molecule has 0 fully saturated rings. The summed E-state index contributed by atoms with van der Waals surface area (Å²) in [4.78, 5) is 25.1. The van der Waals surface area contributed by atoms with Crippen LogP contribution in [0.3, 0.4) is 0 Å². The summed E-state index contributed by atoms with van der Waals surface area (Å²) in [6.45, 7) is 1.96. The molecule has 2 amide bonds. The van der Waals surface area contributed by atoms with E-state index in [-0.39, 0.29) is 11.8 Å². The number of benzene rings is 2. The van der Waals surface area contributed by atoms with Crippen molar-refractivity contribution in [2.45, 2.75) is 13.5 Å². The van der Waals surface area contributed by atoms with Crippen molar-refractivity contribution < 1.29 is 9.59 Å². The summed E-state index contributed by atoms with van der Waals surface area (Å²) in [5.41, 5.74) is 3.41. The molecule has 0 aliphatic heterocycles. The molecular weight excluding hydrogens is 290 g/mol. The number of nitrogens with one attached hydrogen (secondary N) is 2. The van der Waals surface area contributed by atoms with E-state index >= 15 is 0 Å². The van der Waals surface area contributed by atoms with E-state index in [0.29, 0.717) is 17.8 Å². The normalized spacial score (nSPS) is 10.0. The second kappa shape index (κ2) is 7.45. The average molecular weight is 311 g/mol. The van der Waals surface area contributed by atoms with Crippen LogP contribution in [0.5, 0.6) is 0 Å². The van der Waals surface area contributed by atoms with Gasteiger partial charge in [-0.15, -0.1) is 0 Å². The third-order valence-electron chi connectivity index (χ3n) is 3.46. The molecule has 0 saturated heterocycles. The Hall–Kier alpha value is -2.82. The van der Waals surface area contributed by atoms with Crippen LogP contribution in [0.25, 0.3) is 0 Å². The summed E-state index contributed by atoms with van der Waals surface area (Å²) in [6.07, 6.45) is 0. The van der Waals surface area contributed by atoms with Crippen LogP contribution in [0.15, 0.2) is 48.5 Å². The number of urea groups is 1. The smallest absolute Gasteiger partial charge is 0.319 e. The lowest BCUT2D eigenvalue weighted by Crippen LogP contribution is -2.28. The van der Waals surface area contributed by atoms with Gasteiger partial charge in [-0.1, -0.05) is 12.1 Å². The Morgan fingerprint density at radius 3 is 2.09 bits per heavy atom. The topological polar surface area (TPSA) is 61.4 Å². The average Bonchev–Trinajstić information content (AvgIpc) is 2.54. The standard InChI is InChI=1S/C18H21N3O2/c1-13(22)15-6-8-16(9-7-15)20-18(23)19-12-14-4-10-17(11-5-14)21(2)3/h4-11H,12H2,1-3H3,(H2,19,20,23). The van der Waals surface area contributed by atoms with Gasteiger partial charge in [0.1, 0.15) is 0 Å². The van der Waals surface area contributed by atoms with Crippen molar-refractivity contribution in [3.05, 3.63) is 59.7 Å². The van der Waals surface area contributed by atoms with Crippen molar-refractivity contribution in [2.75, 3.05) is 24.3 Å². The summed E-state index contributed by atoms with van der Waals surface area (Å²) >= 11 is 0. The number of amides is 2. The van der Waals surface area contributed by atoms with Crippen LogP contribution in [0, 0.1) is 0 Å². The quantitative estimate of drug-likeness (QED) is 0.833. The molecule has 0 heterocycles. The SMILES string of the molecule is CC(=O)c1ccc(NC(=O)NCc2ccc(N(C)C)cc2)cc1. The first kappa shape index (κ1) is 16.5. The maximum atomic E-state index is 11.9. The Kier molecular flexibility index (Phi) is 5.36. The Balaban J connectivity index is 1.86. The molecule has 2 aromatic rings. The third-order valence-corrected chi connectivity index (χ3v) is 3.46. The van der Waals surface area contributed by atoms with E-state index in [2.05, 4.69) is 10.6 Å². The molecule has 0 aliphatic rings. The van der Waals surface area contributed by atoms with Crippen LogP contribution < -0.4 is 15.5 Å². The lowest BCUT2D eigenvalue weighted by atomic mass is 10.1. The van der Waals surface area contributed by atoms with Gasteiger partial charge in [0, 0.05) is 37.6 Å². The van der Waals surface area contributed by atoms with E-state index in [1.54, 1.807) is 24.3 Å². The Morgan fingerprint density at radius 2 is 1.57 bits per heavy atom. The minimum Gasteiger partial charge on any atom is -0.378 e. The molecule has 0 aliphatic carbocycles. The zero-order chi connectivity index (χ0) is 16.8. The van der Waals surface area contributed by atoms with Crippen molar-refractivity contribution in [1.82, 2.24) is 5.32 Å². The number of Topliss-reactive ketones (excluding diaryl/α,β-unsaturated/α-hetero) is 1. The Bertz CT molecular complexity index is 676. The van der Waals surface area contributed by atoms with E-state index in [1.165, 1.54) is 6.92 Å². The van der Waals surface area contributed by atoms with E-state index in [4.69, 9.17) is 0 Å². The Morgan fingerprint density at radius 1 is 0.957 bits per heavy atom. The fraction of sp³-hybridized carbons (Fsp3) is 0.222. The van der Waals surface area contributed by atoms with Crippen LogP contribution in [-0.4, -0.2) is 25.9 Å². The summed E-state index contributed by atoms with van der Waals surface area (Å²) in [5, 5.41) is 5.54. The molecule has 0 atom stereocenters. The maximum Gasteiger partial charge on any atom is 0.319 e. The van der Waals surface area contributed by atoms with Gasteiger partial charge in [0.15, 0.2) is 5.78 Å². The van der Waals surface area contributed by atoms with Crippen molar-refractivity contribution in [1.29, 1.82) is 0 Å². The third kappa shape index (κ3) is 4.85. The molecule has 23 heavy (non-hydrogen) atoms. The minimum absolute atomic E-state index is 0.00201. The van der Waals surface area contributed by atoms with Gasteiger partial charge < -0.3 is 15.5 Å². The number of nitrogens with zero attached hydrogens (tertiary/aromatic N) is 1. The first-order valence-electron chi connectivity index (χ1n) is 7.38. The van der Waals surface area contributed by atoms with Crippen molar-refractivity contribution in [3.8, 4) is 0 Å². The van der Waals surface area contributed by atoms with Crippen molar-refractivity contribution >= 4 is 23.2 Å². The highest BCUT2D eigenvalue weighted by Gasteiger charge is 2.04. The van der Waals surface area contributed by atoms with Gasteiger partial charge in [-0.05, 0) is 48.9 Å². The van der Waals surface area contributed by atoms with Crippen LogP contribution >= 0.6 is 0 Å². The predicted molar refractivity (Wildman–Crippen MR) is 93.1 cm³/mol. The monoisotopic (exact) mass is 311 g/mol. The zero-order valence-corrected chi connectivity index (χ0v) is 13.6. The zero-order valence-electron chi connectivity index (χ0n) is 13.6. The molecule has 2 aromatic carbocycles. The summed E-state index contributed by atoms with van der Waals surface area (Å²) in [7, 11) is 3.97. The first-order valence-corrected chi connectivity index (χ1v) is 7.38. The van der Waals surface area contributed by atoms with E-state index in [9.17, 15) is 9.59 Å². The summed E-state index contributed by atoms with van der Waals surface area (Å²) < 4.78 is 0. The number of hydrogen-bond donors (Lipinski definition) is 2. The maximum absolute atomic E-state index is 11.9. The molecule has 0 bridgehead atoms. The van der Waals surface area contributed by atoms with Gasteiger partial charge >= 0.3 is 6.03 Å². The molecule has 0 spiro atoms. The second-order valence-corrected chi connectivity index (χ2v) is 5.50. The molecule has 5 nitrogen and oxygen atoms in total. The van der Waals surface area contributed by atoms with Gasteiger partial charge in [0.25, 0.3) is 0 Å². The fourth-order valence-corrected chi connectivity index (χ4v) is 2.06. The van der Waals surface area contributed by atoms with E-state index < -0.39 is 0 Å². The number of rotatable bonds is 5. The van der Waals surface area contributed by atoms with E-state index in [0.717, 1.165) is 11.3 Å². The Labute approximate surface area is 136 Å². The molecular formula is C18H21N3O2. The number of carbonyl (C=O) groups excluding carboxylic acids is 2. The molecule has 2 N–H and O–H groups in total. The van der Waals surface area contributed by atoms with Gasteiger partial charge in [0.2, 0.25) is 0 Å². The lowest BCUT2D eigenvalue weighted by molar-refractivity contribution is 0.101. The van der Waals surface area contributed by atoms with E-state index in [1.807, 2.05) is 43.3 Å². The number of ketones is 1. The van der Waals surface area contributed by atoms with Crippen LogP contribution in [0.2, 0.25) is 0 Å². The predicted octanol–water partition coefficient (Wildman–Crippen LogP) is 3.28. The van der Waals surface area contributed by atoms with Crippen LogP contribution in [0.1, 0.15) is 22.8 Å². The molecule has 2 rings (SSSR count). The van der Waals surface area contributed by atoms with Gasteiger partial charge in [-0.3, -0.25) is 4.79 Å². The van der Waals surface area contributed by atoms with Gasteiger partial charge in [0.05, 0.1) is 0 Å². The summed E-state index contributed by atoms with van der Waals surface area (Å²) in [5.74, 6) is 0.00201. The van der Waals surface area contributed by atoms with Crippen molar-refractivity contribution in [2.24, 2.45) is 0 Å². The molecule has 0 radical (unpaired) electrons. The highest BCUT2D eigenvalue weighted by atomic mass is 16.2. The number of carbonyl (C=O) groups is 2. The molecule has 0 saturated carbocycles. The number of hydrogen-bond acceptors (Lipinski definition) is 3. The van der Waals surface area contributed by atoms with Gasteiger partial charge in [-0.25, -0.2) is 4.79 Å². The van der Waals surface area contributed by atoms with Gasteiger partial charge in [-0.2, -0.15) is 0 Å². The van der Waals surface area contributed by atoms with Crippen LogP contribution in [0.4, 0.5) is 16.2 Å². The number of anilines is 2. The summed E-state index contributed by atoms with van der Waals surface area (Å²) in [6, 6.07) is 14.5. The minimum atomic E-state index is -0.280. The highest BCUT2D eigenvalue weighted by Crippen LogP contribution is 2.12.